The molecule has 0 bridgehead atoms. The zero-order valence-electron chi connectivity index (χ0n) is 11.3. The molecule has 0 aliphatic carbocycles. The summed E-state index contributed by atoms with van der Waals surface area (Å²) in [6, 6.07) is 6.87. The summed E-state index contributed by atoms with van der Waals surface area (Å²) in [5.41, 5.74) is -1.66. The van der Waals surface area contributed by atoms with Crippen LogP contribution < -0.4 is 5.56 Å². The standard InChI is InChI=1S/C14H8Cl2F3N3O/c15-6-9-5-10(23)22-13(20-9)11(12(21-22)14(17,18)19)7-1-3-8(16)4-2-7/h1-5,21H,6H2. The smallest absolute Gasteiger partial charge is 0.284 e. The Morgan fingerprint density at radius 3 is 2.43 bits per heavy atom. The minimum absolute atomic E-state index is 0.0850. The highest BCUT2D eigenvalue weighted by atomic mass is 35.5. The molecule has 0 atom stereocenters. The molecule has 0 saturated carbocycles. The number of aromatic amines is 1. The Morgan fingerprint density at radius 2 is 1.87 bits per heavy atom. The predicted molar refractivity (Wildman–Crippen MR) is 80.8 cm³/mol. The Kier molecular flexibility index (Phi) is 3.85. The summed E-state index contributed by atoms with van der Waals surface area (Å²) in [4.78, 5) is 16.0. The van der Waals surface area contributed by atoms with Crippen molar-refractivity contribution in [1.29, 1.82) is 0 Å². The van der Waals surface area contributed by atoms with E-state index >= 15 is 0 Å². The first-order valence-electron chi connectivity index (χ1n) is 6.35. The van der Waals surface area contributed by atoms with Crippen LogP contribution in [0.5, 0.6) is 0 Å². The van der Waals surface area contributed by atoms with Crippen LogP contribution in [0.15, 0.2) is 35.1 Å². The summed E-state index contributed by atoms with van der Waals surface area (Å²) in [6.07, 6.45) is -4.68. The number of benzene rings is 1. The topological polar surface area (TPSA) is 50.2 Å². The van der Waals surface area contributed by atoms with E-state index in [2.05, 4.69) is 10.1 Å². The molecule has 23 heavy (non-hydrogen) atoms. The maximum Gasteiger partial charge on any atom is 0.433 e. The summed E-state index contributed by atoms with van der Waals surface area (Å²) in [5.74, 6) is -0.0850. The Balaban J connectivity index is 2.42. The average Bonchev–Trinajstić information content (AvgIpc) is 2.88. The summed E-state index contributed by atoms with van der Waals surface area (Å²) in [5, 5.41) is 2.46. The number of nitrogens with zero attached hydrogens (tertiary/aromatic N) is 2. The lowest BCUT2D eigenvalue weighted by molar-refractivity contribution is -0.140. The van der Waals surface area contributed by atoms with Crippen LogP contribution in [0.1, 0.15) is 11.4 Å². The van der Waals surface area contributed by atoms with Crippen molar-refractivity contribution in [2.24, 2.45) is 0 Å². The fraction of sp³-hybridized carbons (Fsp3) is 0.143. The minimum Gasteiger partial charge on any atom is -0.284 e. The first-order valence-corrected chi connectivity index (χ1v) is 7.26. The monoisotopic (exact) mass is 361 g/mol. The van der Waals surface area contributed by atoms with Gasteiger partial charge in [-0.1, -0.05) is 23.7 Å². The Bertz CT molecular complexity index is 929. The second kappa shape index (κ2) is 5.58. The summed E-state index contributed by atoms with van der Waals surface area (Å²) in [6.45, 7) is 0. The third-order valence-corrected chi connectivity index (χ3v) is 3.75. The van der Waals surface area contributed by atoms with E-state index in [0.29, 0.717) is 5.02 Å². The van der Waals surface area contributed by atoms with Gasteiger partial charge in [-0.3, -0.25) is 9.89 Å². The maximum atomic E-state index is 13.3. The molecule has 0 unspecified atom stereocenters. The van der Waals surface area contributed by atoms with E-state index < -0.39 is 17.4 Å². The lowest BCUT2D eigenvalue weighted by Gasteiger charge is -2.07. The molecule has 9 heteroatoms. The zero-order chi connectivity index (χ0) is 16.8. The molecule has 2 aromatic heterocycles. The van der Waals surface area contributed by atoms with E-state index in [4.69, 9.17) is 23.2 Å². The maximum absolute atomic E-state index is 13.3. The number of hydrogen-bond acceptors (Lipinski definition) is 2. The molecule has 0 aliphatic heterocycles. The second-order valence-electron chi connectivity index (χ2n) is 4.74. The number of fused-ring (bicyclic) bond motifs is 1. The predicted octanol–water partition coefficient (Wildman–Crippen LogP) is 4.10. The van der Waals surface area contributed by atoms with Crippen LogP contribution in [0, 0.1) is 0 Å². The Labute approximate surface area is 137 Å². The van der Waals surface area contributed by atoms with Gasteiger partial charge in [0, 0.05) is 11.1 Å². The quantitative estimate of drug-likeness (QED) is 0.698. The number of H-pyrrole nitrogens is 1. The molecule has 0 saturated heterocycles. The van der Waals surface area contributed by atoms with Crippen molar-refractivity contribution in [3.63, 3.8) is 0 Å². The second-order valence-corrected chi connectivity index (χ2v) is 5.45. The molecule has 0 aliphatic rings. The van der Waals surface area contributed by atoms with Crippen molar-refractivity contribution in [3.8, 4) is 11.1 Å². The van der Waals surface area contributed by atoms with Crippen LogP contribution in [0.4, 0.5) is 13.2 Å². The van der Waals surface area contributed by atoms with Crippen LogP contribution >= 0.6 is 23.2 Å². The molecular weight excluding hydrogens is 354 g/mol. The molecule has 1 aromatic carbocycles. The molecule has 2 heterocycles. The van der Waals surface area contributed by atoms with Gasteiger partial charge in [0.05, 0.1) is 17.1 Å². The highest BCUT2D eigenvalue weighted by molar-refractivity contribution is 6.30. The van der Waals surface area contributed by atoms with Gasteiger partial charge in [-0.25, -0.2) is 9.50 Å². The van der Waals surface area contributed by atoms with E-state index in [1.807, 2.05) is 0 Å². The van der Waals surface area contributed by atoms with Crippen molar-refractivity contribution < 1.29 is 13.2 Å². The molecule has 0 radical (unpaired) electrons. The van der Waals surface area contributed by atoms with Gasteiger partial charge in [0.2, 0.25) is 0 Å². The summed E-state index contributed by atoms with van der Waals surface area (Å²) in [7, 11) is 0. The van der Waals surface area contributed by atoms with Gasteiger partial charge in [-0.2, -0.15) is 13.2 Å². The third kappa shape index (κ3) is 2.82. The molecular formula is C14H8Cl2F3N3O. The fourth-order valence-corrected chi connectivity index (χ4v) is 2.51. The molecule has 0 fully saturated rings. The lowest BCUT2D eigenvalue weighted by Crippen LogP contribution is -2.16. The number of alkyl halides is 4. The molecule has 3 rings (SSSR count). The van der Waals surface area contributed by atoms with Crippen LogP contribution in [0.25, 0.3) is 16.8 Å². The normalized spacial score (nSPS) is 12.0. The number of nitrogens with one attached hydrogen (secondary N) is 1. The Hall–Kier alpha value is -1.99. The highest BCUT2D eigenvalue weighted by Gasteiger charge is 2.38. The van der Waals surface area contributed by atoms with Gasteiger partial charge in [-0.15, -0.1) is 11.6 Å². The van der Waals surface area contributed by atoms with Gasteiger partial charge in [-0.05, 0) is 17.7 Å². The SMILES string of the molecule is O=c1cc(CCl)nc2c(-c3ccc(Cl)cc3)c(C(F)(F)F)[nH]n12. The molecule has 120 valence electrons. The van der Waals surface area contributed by atoms with Gasteiger partial charge in [0.1, 0.15) is 5.69 Å². The largest absolute Gasteiger partial charge is 0.433 e. The molecule has 3 aromatic rings. The molecule has 4 nitrogen and oxygen atoms in total. The van der Waals surface area contributed by atoms with Gasteiger partial charge < -0.3 is 0 Å². The van der Waals surface area contributed by atoms with Crippen molar-refractivity contribution in [3.05, 3.63) is 57.1 Å². The van der Waals surface area contributed by atoms with Gasteiger partial charge >= 0.3 is 6.18 Å². The van der Waals surface area contributed by atoms with Crippen LogP contribution in [-0.4, -0.2) is 14.6 Å². The number of halogens is 5. The lowest BCUT2D eigenvalue weighted by atomic mass is 10.1. The summed E-state index contributed by atoms with van der Waals surface area (Å²) >= 11 is 11.4. The fourth-order valence-electron chi connectivity index (χ4n) is 2.25. The van der Waals surface area contributed by atoms with Crippen molar-refractivity contribution >= 4 is 28.8 Å². The van der Waals surface area contributed by atoms with E-state index in [1.54, 1.807) is 0 Å². The van der Waals surface area contributed by atoms with Crippen LogP contribution in [-0.2, 0) is 12.1 Å². The molecule has 1 N–H and O–H groups in total. The van der Waals surface area contributed by atoms with E-state index in [9.17, 15) is 18.0 Å². The zero-order valence-corrected chi connectivity index (χ0v) is 12.8. The third-order valence-electron chi connectivity index (χ3n) is 3.22. The average molecular weight is 362 g/mol. The van der Waals surface area contributed by atoms with E-state index in [-0.39, 0.29) is 28.3 Å². The van der Waals surface area contributed by atoms with Crippen molar-refractivity contribution in [2.75, 3.05) is 0 Å². The number of rotatable bonds is 2. The number of aromatic nitrogens is 3. The first-order chi connectivity index (χ1) is 10.8. The van der Waals surface area contributed by atoms with E-state index in [1.165, 1.54) is 24.3 Å². The van der Waals surface area contributed by atoms with Crippen LogP contribution in [0.2, 0.25) is 5.02 Å². The van der Waals surface area contributed by atoms with Crippen molar-refractivity contribution in [1.82, 2.24) is 14.6 Å². The molecule has 0 amide bonds. The Morgan fingerprint density at radius 1 is 1.22 bits per heavy atom. The first kappa shape index (κ1) is 15.9. The van der Waals surface area contributed by atoms with Crippen molar-refractivity contribution in [2.45, 2.75) is 12.1 Å². The summed E-state index contributed by atoms with van der Waals surface area (Å²) < 4.78 is 40.8. The van der Waals surface area contributed by atoms with Gasteiger partial charge in [0.15, 0.2) is 5.65 Å². The number of hydrogen-bond donors (Lipinski definition) is 1. The van der Waals surface area contributed by atoms with E-state index in [0.717, 1.165) is 10.6 Å². The minimum atomic E-state index is -4.68. The molecule has 0 spiro atoms. The highest BCUT2D eigenvalue weighted by Crippen LogP contribution is 2.38. The van der Waals surface area contributed by atoms with Gasteiger partial charge in [0.25, 0.3) is 5.56 Å². The van der Waals surface area contributed by atoms with Crippen LogP contribution in [0.3, 0.4) is 0 Å².